The molecule has 0 unspecified atom stereocenters. The molecule has 3 rings (SSSR count). The first-order valence-corrected chi connectivity index (χ1v) is 7.48. The number of methoxy groups -OCH3 is 2. The summed E-state index contributed by atoms with van der Waals surface area (Å²) in [6.07, 6.45) is 3.41. The molecule has 0 amide bonds. The van der Waals surface area contributed by atoms with Gasteiger partial charge in [0.2, 0.25) is 4.96 Å². The van der Waals surface area contributed by atoms with E-state index in [4.69, 9.17) is 13.9 Å². The Labute approximate surface area is 136 Å². The normalized spacial score (nSPS) is 11.9. The predicted molar refractivity (Wildman–Crippen MR) is 87.4 cm³/mol. The fraction of sp³-hybridized carbons (Fsp3) is 0.200. The fourth-order valence-electron chi connectivity index (χ4n) is 1.99. The van der Waals surface area contributed by atoms with Crippen molar-refractivity contribution in [1.29, 1.82) is 0 Å². The second-order valence-electron chi connectivity index (χ2n) is 4.72. The van der Waals surface area contributed by atoms with E-state index < -0.39 is 0 Å². The number of aromatic nitrogens is 3. The monoisotopic (exact) mass is 333 g/mol. The Kier molecular flexibility index (Phi) is 3.83. The van der Waals surface area contributed by atoms with E-state index in [1.807, 2.05) is 0 Å². The van der Waals surface area contributed by atoms with Gasteiger partial charge in [-0.25, -0.2) is 9.50 Å². The summed E-state index contributed by atoms with van der Waals surface area (Å²) in [6, 6.07) is 1.68. The number of rotatable bonds is 5. The lowest BCUT2D eigenvalue weighted by Gasteiger charge is -1.98. The number of imidazole rings is 1. The molecular formula is C15H15N3O4S. The van der Waals surface area contributed by atoms with E-state index in [1.54, 1.807) is 44.0 Å². The molecule has 0 bridgehead atoms. The highest BCUT2D eigenvalue weighted by molar-refractivity contribution is 7.18. The molecule has 0 radical (unpaired) electrons. The van der Waals surface area contributed by atoms with Crippen LogP contribution in [0, 0.1) is 0 Å². The third-order valence-corrected chi connectivity index (χ3v) is 4.06. The molecule has 0 fully saturated rings. The zero-order chi connectivity index (χ0) is 16.6. The Morgan fingerprint density at radius 3 is 2.87 bits per heavy atom. The third kappa shape index (κ3) is 2.80. The maximum Gasteiger partial charge on any atom is 0.294 e. The van der Waals surface area contributed by atoms with Gasteiger partial charge in [0.05, 0.1) is 31.7 Å². The highest BCUT2D eigenvalue weighted by Gasteiger charge is 2.17. The molecule has 0 aliphatic heterocycles. The molecule has 0 saturated carbocycles. The lowest BCUT2D eigenvalue weighted by atomic mass is 10.2. The van der Waals surface area contributed by atoms with E-state index in [9.17, 15) is 5.11 Å². The number of allylic oxidation sites excluding steroid dienone is 1. The van der Waals surface area contributed by atoms with Crippen LogP contribution in [0.3, 0.4) is 0 Å². The molecule has 0 atom stereocenters. The molecule has 7 nitrogen and oxygen atoms in total. The quantitative estimate of drug-likeness (QED) is 0.719. The molecule has 0 saturated heterocycles. The van der Waals surface area contributed by atoms with Crippen LogP contribution in [0.4, 0.5) is 0 Å². The van der Waals surface area contributed by atoms with Gasteiger partial charge in [-0.1, -0.05) is 6.58 Å². The number of fused-ring (bicyclic) bond motifs is 1. The van der Waals surface area contributed by atoms with Crippen LogP contribution in [-0.4, -0.2) is 33.9 Å². The third-order valence-electron chi connectivity index (χ3n) is 3.18. The van der Waals surface area contributed by atoms with Gasteiger partial charge in [-0.05, 0) is 24.3 Å². The van der Waals surface area contributed by atoms with E-state index in [1.165, 1.54) is 11.3 Å². The Balaban J connectivity index is 2.05. The molecule has 120 valence electrons. The van der Waals surface area contributed by atoms with Gasteiger partial charge in [0.15, 0.2) is 5.76 Å². The second-order valence-corrected chi connectivity index (χ2v) is 5.64. The Hall–Kier alpha value is -2.74. The number of furan rings is 1. The van der Waals surface area contributed by atoms with E-state index in [-0.39, 0.29) is 5.76 Å². The summed E-state index contributed by atoms with van der Waals surface area (Å²) in [5.41, 5.74) is 1.09. The molecule has 23 heavy (non-hydrogen) atoms. The van der Waals surface area contributed by atoms with E-state index >= 15 is 0 Å². The summed E-state index contributed by atoms with van der Waals surface area (Å²) < 4.78 is 17.6. The molecule has 0 aliphatic rings. The van der Waals surface area contributed by atoms with Gasteiger partial charge >= 0.3 is 0 Å². The number of hydrogen-bond donors (Lipinski definition) is 1. The minimum absolute atomic E-state index is 0.0871. The highest BCUT2D eigenvalue weighted by atomic mass is 32.1. The number of aliphatic hydroxyl groups excluding tert-OH is 1. The van der Waals surface area contributed by atoms with Gasteiger partial charge in [-0.15, -0.1) is 5.10 Å². The molecule has 8 heteroatoms. The van der Waals surface area contributed by atoms with Crippen molar-refractivity contribution >= 4 is 28.1 Å². The van der Waals surface area contributed by atoms with Crippen molar-refractivity contribution in [3.8, 4) is 16.6 Å². The molecular weight excluding hydrogens is 318 g/mol. The van der Waals surface area contributed by atoms with E-state index in [2.05, 4.69) is 16.7 Å². The number of nitrogens with zero attached hydrogens (tertiary/aromatic N) is 3. The average Bonchev–Trinajstić information content (AvgIpc) is 3.18. The fourth-order valence-corrected chi connectivity index (χ4v) is 2.69. The summed E-state index contributed by atoms with van der Waals surface area (Å²) in [5, 5.41) is 14.5. The van der Waals surface area contributed by atoms with Crippen LogP contribution in [0.15, 0.2) is 29.0 Å². The van der Waals surface area contributed by atoms with Crippen molar-refractivity contribution in [1.82, 2.24) is 14.6 Å². The summed E-state index contributed by atoms with van der Waals surface area (Å²) in [6.45, 7) is 5.34. The van der Waals surface area contributed by atoms with Crippen LogP contribution >= 0.6 is 11.3 Å². The Morgan fingerprint density at radius 1 is 1.48 bits per heavy atom. The van der Waals surface area contributed by atoms with Crippen LogP contribution in [0.2, 0.25) is 0 Å². The van der Waals surface area contributed by atoms with Crippen LogP contribution < -0.4 is 4.74 Å². The average molecular weight is 333 g/mol. The van der Waals surface area contributed by atoms with Crippen LogP contribution in [0.5, 0.6) is 5.19 Å². The van der Waals surface area contributed by atoms with Gasteiger partial charge < -0.3 is 19.0 Å². The molecule has 0 aliphatic carbocycles. The van der Waals surface area contributed by atoms with Crippen molar-refractivity contribution in [2.75, 3.05) is 14.2 Å². The second kappa shape index (κ2) is 5.81. The minimum Gasteiger partial charge on any atom is -0.508 e. The maximum atomic E-state index is 9.74. The van der Waals surface area contributed by atoms with Crippen LogP contribution in [0.25, 0.3) is 28.3 Å². The van der Waals surface area contributed by atoms with Gasteiger partial charge in [-0.3, -0.25) is 0 Å². The molecule has 0 spiro atoms. The summed E-state index contributed by atoms with van der Waals surface area (Å²) in [5.74, 6) is 1.51. The first kappa shape index (κ1) is 15.2. The Morgan fingerprint density at radius 2 is 2.26 bits per heavy atom. The molecule has 1 N–H and O–H groups in total. The lowest BCUT2D eigenvalue weighted by molar-refractivity contribution is 0.297. The van der Waals surface area contributed by atoms with Gasteiger partial charge in [0, 0.05) is 6.08 Å². The summed E-state index contributed by atoms with van der Waals surface area (Å²) >= 11 is 1.32. The minimum atomic E-state index is -0.0871. The lowest BCUT2D eigenvalue weighted by Crippen LogP contribution is -1.84. The summed E-state index contributed by atoms with van der Waals surface area (Å²) in [7, 11) is 3.12. The first-order valence-electron chi connectivity index (χ1n) is 6.66. The van der Waals surface area contributed by atoms with Crippen molar-refractivity contribution in [3.05, 3.63) is 35.9 Å². The number of ether oxygens (including phenoxy) is 2. The predicted octanol–water partition coefficient (Wildman–Crippen LogP) is 3.60. The molecule has 3 heterocycles. The first-order chi connectivity index (χ1) is 11.0. The SMILES string of the molecule is C=C(O)c1cc(-c2cn3nc(OC)sc3n2)oc1/C=C(\C)OC. The van der Waals surface area contributed by atoms with E-state index in [0.29, 0.717) is 38.7 Å². The van der Waals surface area contributed by atoms with Gasteiger partial charge in [0.25, 0.3) is 5.19 Å². The smallest absolute Gasteiger partial charge is 0.294 e. The van der Waals surface area contributed by atoms with Crippen molar-refractivity contribution in [3.63, 3.8) is 0 Å². The molecule has 0 aromatic carbocycles. The maximum absolute atomic E-state index is 9.74. The van der Waals surface area contributed by atoms with Crippen molar-refractivity contribution in [2.24, 2.45) is 0 Å². The van der Waals surface area contributed by atoms with Crippen LogP contribution in [-0.2, 0) is 4.74 Å². The summed E-state index contributed by atoms with van der Waals surface area (Å²) in [4.78, 5) is 5.13. The zero-order valence-electron chi connectivity index (χ0n) is 12.9. The molecule has 3 aromatic heterocycles. The topological polar surface area (TPSA) is 82.0 Å². The zero-order valence-corrected chi connectivity index (χ0v) is 13.7. The number of hydrogen-bond acceptors (Lipinski definition) is 7. The van der Waals surface area contributed by atoms with Gasteiger partial charge in [0.1, 0.15) is 17.2 Å². The highest BCUT2D eigenvalue weighted by Crippen LogP contribution is 2.31. The number of aliphatic hydroxyl groups is 1. The van der Waals surface area contributed by atoms with Gasteiger partial charge in [-0.2, -0.15) is 0 Å². The molecule has 3 aromatic rings. The largest absolute Gasteiger partial charge is 0.508 e. The van der Waals surface area contributed by atoms with Crippen molar-refractivity contribution in [2.45, 2.75) is 6.92 Å². The van der Waals surface area contributed by atoms with E-state index in [0.717, 1.165) is 0 Å². The van der Waals surface area contributed by atoms with Crippen LogP contribution in [0.1, 0.15) is 18.2 Å². The standard InChI is InChI=1S/C15H15N3O4S/c1-8(20-3)5-12-10(9(2)19)6-13(22-12)11-7-18-14(16-11)23-15(17-18)21-4/h5-7,19H,2H2,1,3-4H3/b8-5+. The Bertz CT molecular complexity index is 872. The van der Waals surface area contributed by atoms with Crippen molar-refractivity contribution < 1.29 is 19.0 Å².